The van der Waals surface area contributed by atoms with Gasteiger partial charge >= 0.3 is 0 Å². The molecule has 7 heteroatoms. The van der Waals surface area contributed by atoms with Crippen LogP contribution < -0.4 is 10.2 Å². The van der Waals surface area contributed by atoms with Crippen LogP contribution in [0.15, 0.2) is 58.5 Å². The lowest BCUT2D eigenvalue weighted by atomic mass is 10.2. The molecule has 1 heterocycles. The van der Waals surface area contributed by atoms with Crippen molar-refractivity contribution in [2.24, 2.45) is 5.10 Å². The smallest absolute Gasteiger partial charge is 0.277 e. The number of benzene rings is 2. The Morgan fingerprint density at radius 2 is 1.88 bits per heavy atom. The summed E-state index contributed by atoms with van der Waals surface area (Å²) < 4.78 is 6.04. The van der Waals surface area contributed by atoms with E-state index in [0.29, 0.717) is 10.3 Å². The fourth-order valence-electron chi connectivity index (χ4n) is 2.32. The van der Waals surface area contributed by atoms with Crippen molar-refractivity contribution in [1.82, 2.24) is 5.43 Å². The van der Waals surface area contributed by atoms with Crippen LogP contribution in [0.3, 0.4) is 0 Å². The lowest BCUT2D eigenvalue weighted by Crippen LogP contribution is -2.24. The molecule has 0 aromatic heterocycles. The first-order chi connectivity index (χ1) is 12.7. The minimum Gasteiger partial charge on any atom is -0.484 e. The molecule has 136 valence electrons. The van der Waals surface area contributed by atoms with Crippen molar-refractivity contribution >= 4 is 47.4 Å². The predicted octanol–water partition coefficient (Wildman–Crippen LogP) is 4.42. The van der Waals surface area contributed by atoms with Crippen molar-refractivity contribution < 1.29 is 9.53 Å². The molecule has 0 aliphatic carbocycles. The number of hydrogen-bond donors (Lipinski definition) is 1. The average molecular weight is 405 g/mol. The van der Waals surface area contributed by atoms with Gasteiger partial charge in [-0.05, 0) is 41.6 Å². The number of nitrogens with one attached hydrogen (secondary N) is 1. The molecule has 26 heavy (non-hydrogen) atoms. The van der Waals surface area contributed by atoms with Gasteiger partial charge in [-0.2, -0.15) is 5.10 Å². The van der Waals surface area contributed by atoms with Gasteiger partial charge in [-0.3, -0.25) is 4.79 Å². The summed E-state index contributed by atoms with van der Waals surface area (Å²) in [7, 11) is 0. The van der Waals surface area contributed by atoms with Crippen LogP contribution >= 0.6 is 35.3 Å². The Morgan fingerprint density at radius 3 is 2.54 bits per heavy atom. The van der Waals surface area contributed by atoms with Crippen molar-refractivity contribution in [2.75, 3.05) is 24.4 Å². The van der Waals surface area contributed by atoms with Crippen LogP contribution in [0.4, 0.5) is 0 Å². The number of hydrazone groups is 1. The Bertz CT molecular complexity index is 742. The molecule has 2 aromatic rings. The Labute approximate surface area is 166 Å². The summed E-state index contributed by atoms with van der Waals surface area (Å²) >= 11 is 5.62. The zero-order valence-corrected chi connectivity index (χ0v) is 16.8. The minimum absolute atomic E-state index is 0.0605. The number of carbonyl (C=O) groups is 1. The fourth-order valence-corrected chi connectivity index (χ4v) is 5.59. The zero-order chi connectivity index (χ0) is 18.2. The van der Waals surface area contributed by atoms with Crippen molar-refractivity contribution in [3.63, 3.8) is 0 Å². The molecule has 4 nitrogen and oxygen atoms in total. The van der Waals surface area contributed by atoms with Gasteiger partial charge in [-0.1, -0.05) is 24.3 Å². The van der Waals surface area contributed by atoms with E-state index in [9.17, 15) is 4.79 Å². The molecule has 1 aliphatic rings. The van der Waals surface area contributed by atoms with E-state index in [1.54, 1.807) is 18.0 Å². The summed E-state index contributed by atoms with van der Waals surface area (Å²) in [5.74, 6) is 2.81. The highest BCUT2D eigenvalue weighted by Gasteiger charge is 2.17. The SMILES string of the molecule is CSc1ccc(/C=N\NC(=O)COc2ccc(C3SCCS3)cc2)cc1. The van der Waals surface area contributed by atoms with Crippen molar-refractivity contribution in [3.8, 4) is 5.75 Å². The van der Waals surface area contributed by atoms with Crippen LogP contribution in [0.25, 0.3) is 0 Å². The molecule has 2 aromatic carbocycles. The number of carbonyl (C=O) groups excluding carboxylic acids is 1. The van der Waals surface area contributed by atoms with Gasteiger partial charge in [0.1, 0.15) is 5.75 Å². The number of nitrogens with zero attached hydrogens (tertiary/aromatic N) is 1. The molecule has 0 saturated carbocycles. The van der Waals surface area contributed by atoms with Gasteiger partial charge in [0.05, 0.1) is 10.8 Å². The first-order valence-electron chi connectivity index (χ1n) is 8.16. The highest BCUT2D eigenvalue weighted by Crippen LogP contribution is 2.45. The highest BCUT2D eigenvalue weighted by molar-refractivity contribution is 8.19. The molecule has 0 spiro atoms. The maximum absolute atomic E-state index is 11.8. The number of amides is 1. The fraction of sp³-hybridized carbons (Fsp3) is 0.263. The number of thioether (sulfide) groups is 3. The van der Waals surface area contributed by atoms with Crippen LogP contribution in [-0.4, -0.2) is 36.5 Å². The van der Waals surface area contributed by atoms with E-state index in [1.165, 1.54) is 22.0 Å². The average Bonchev–Trinajstić information content (AvgIpc) is 3.22. The number of rotatable bonds is 7. The topological polar surface area (TPSA) is 50.7 Å². The highest BCUT2D eigenvalue weighted by atomic mass is 32.2. The van der Waals surface area contributed by atoms with Gasteiger partial charge in [0.15, 0.2) is 6.61 Å². The normalized spacial score (nSPS) is 14.7. The van der Waals surface area contributed by atoms with Crippen LogP contribution in [0.5, 0.6) is 5.75 Å². The van der Waals surface area contributed by atoms with Crippen LogP contribution in [-0.2, 0) is 4.79 Å². The van der Waals surface area contributed by atoms with E-state index < -0.39 is 0 Å². The maximum atomic E-state index is 11.8. The quantitative estimate of drug-likeness (QED) is 0.421. The third kappa shape index (κ3) is 5.72. The van der Waals surface area contributed by atoms with E-state index in [1.807, 2.05) is 66.2 Å². The summed E-state index contributed by atoms with van der Waals surface area (Å²) in [6.45, 7) is -0.0605. The summed E-state index contributed by atoms with van der Waals surface area (Å²) in [6, 6.07) is 15.9. The minimum atomic E-state index is -0.284. The van der Waals surface area contributed by atoms with Gasteiger partial charge < -0.3 is 4.74 Å². The maximum Gasteiger partial charge on any atom is 0.277 e. The molecule has 0 atom stereocenters. The lowest BCUT2D eigenvalue weighted by molar-refractivity contribution is -0.123. The molecule has 0 bridgehead atoms. The van der Waals surface area contributed by atoms with Crippen molar-refractivity contribution in [2.45, 2.75) is 9.48 Å². The lowest BCUT2D eigenvalue weighted by Gasteiger charge is -2.10. The van der Waals surface area contributed by atoms with Gasteiger partial charge in [0.2, 0.25) is 0 Å². The number of ether oxygens (including phenoxy) is 1. The van der Waals surface area contributed by atoms with Gasteiger partial charge in [-0.15, -0.1) is 35.3 Å². The molecule has 0 unspecified atom stereocenters. The summed E-state index contributed by atoms with van der Waals surface area (Å²) in [5.41, 5.74) is 4.71. The first kappa shape index (κ1) is 19.2. The second-order valence-corrected chi connectivity index (χ2v) is 9.10. The van der Waals surface area contributed by atoms with E-state index >= 15 is 0 Å². The van der Waals surface area contributed by atoms with E-state index in [2.05, 4.69) is 22.7 Å². The largest absolute Gasteiger partial charge is 0.484 e. The summed E-state index contributed by atoms with van der Waals surface area (Å²) in [6.07, 6.45) is 3.65. The Kier molecular flexibility index (Phi) is 7.34. The van der Waals surface area contributed by atoms with E-state index in [-0.39, 0.29) is 12.5 Å². The van der Waals surface area contributed by atoms with Crippen molar-refractivity contribution in [3.05, 3.63) is 59.7 Å². The molecule has 1 N–H and O–H groups in total. The Balaban J connectivity index is 1.42. The first-order valence-corrected chi connectivity index (χ1v) is 11.5. The van der Waals surface area contributed by atoms with Crippen LogP contribution in [0.2, 0.25) is 0 Å². The Morgan fingerprint density at radius 1 is 1.19 bits per heavy atom. The van der Waals surface area contributed by atoms with Gasteiger partial charge in [-0.25, -0.2) is 5.43 Å². The monoisotopic (exact) mass is 404 g/mol. The standard InChI is InChI=1S/C19H20N2O2S3/c1-24-17-8-2-14(3-9-17)12-20-21-18(22)13-23-16-6-4-15(5-7-16)19-25-10-11-26-19/h2-9,12,19H,10-11,13H2,1H3,(H,21,22)/b20-12-. The molecular formula is C19H20N2O2S3. The van der Waals surface area contributed by atoms with Gasteiger partial charge in [0.25, 0.3) is 5.91 Å². The molecule has 1 aliphatic heterocycles. The third-order valence-corrected chi connectivity index (χ3v) is 7.51. The Hall–Kier alpha value is -1.57. The number of hydrogen-bond acceptors (Lipinski definition) is 6. The second kappa shape index (κ2) is 9.94. The summed E-state index contributed by atoms with van der Waals surface area (Å²) in [4.78, 5) is 13.0. The zero-order valence-electron chi connectivity index (χ0n) is 14.4. The molecule has 3 rings (SSSR count). The molecule has 1 fully saturated rings. The third-order valence-electron chi connectivity index (χ3n) is 3.66. The van der Waals surface area contributed by atoms with Crippen molar-refractivity contribution in [1.29, 1.82) is 0 Å². The molecule has 0 radical (unpaired) electrons. The summed E-state index contributed by atoms with van der Waals surface area (Å²) in [5, 5.41) is 3.96. The molecule has 1 saturated heterocycles. The predicted molar refractivity (Wildman–Crippen MR) is 114 cm³/mol. The molecule has 1 amide bonds. The van der Waals surface area contributed by atoms with E-state index in [0.717, 1.165) is 5.56 Å². The molecular weight excluding hydrogens is 384 g/mol. The van der Waals surface area contributed by atoms with Crippen LogP contribution in [0.1, 0.15) is 15.7 Å². The second-order valence-electron chi connectivity index (χ2n) is 5.50. The van der Waals surface area contributed by atoms with Crippen LogP contribution in [0, 0.1) is 0 Å². The van der Waals surface area contributed by atoms with Gasteiger partial charge in [0, 0.05) is 16.4 Å². The van der Waals surface area contributed by atoms with E-state index in [4.69, 9.17) is 4.74 Å².